The maximum atomic E-state index is 11.1. The Labute approximate surface area is 88.9 Å². The summed E-state index contributed by atoms with van der Waals surface area (Å²) < 4.78 is 0.138. The van der Waals surface area contributed by atoms with Crippen molar-refractivity contribution in [2.45, 2.75) is 23.5 Å². The highest BCUT2D eigenvalue weighted by molar-refractivity contribution is 8.00. The lowest BCUT2D eigenvalue weighted by Gasteiger charge is -2.38. The monoisotopic (exact) mass is 208 g/mol. The summed E-state index contributed by atoms with van der Waals surface area (Å²) in [5.41, 5.74) is 1.09. The Morgan fingerprint density at radius 1 is 1.43 bits per heavy atom. The molecule has 0 bridgehead atoms. The highest BCUT2D eigenvalue weighted by Gasteiger charge is 2.30. The molecule has 0 saturated heterocycles. The minimum absolute atomic E-state index is 0.138. The van der Waals surface area contributed by atoms with Crippen molar-refractivity contribution in [2.75, 3.05) is 18.2 Å². The van der Waals surface area contributed by atoms with Crippen LogP contribution in [0.4, 0.5) is 5.69 Å². The molecule has 1 radical (unpaired) electrons. The first-order valence-corrected chi connectivity index (χ1v) is 5.55. The van der Waals surface area contributed by atoms with Crippen LogP contribution in [-0.4, -0.2) is 18.0 Å². The zero-order valence-corrected chi connectivity index (χ0v) is 9.30. The fraction of sp³-hybridized carbons (Fsp3) is 0.455. The second-order valence-corrected chi connectivity index (χ2v) is 5.91. The molecule has 0 fully saturated rings. The van der Waals surface area contributed by atoms with Crippen LogP contribution < -0.4 is 4.90 Å². The average molecular weight is 208 g/mol. The van der Waals surface area contributed by atoms with Gasteiger partial charge in [0.25, 0.3) is 0 Å². The number of anilines is 1. The molecule has 3 heteroatoms. The molecule has 1 aliphatic rings. The van der Waals surface area contributed by atoms with Gasteiger partial charge in [0.2, 0.25) is 0 Å². The summed E-state index contributed by atoms with van der Waals surface area (Å²) in [5.74, 6) is 0. The fourth-order valence-corrected chi connectivity index (χ4v) is 3.06. The molecular formula is C11H14NOS. The summed E-state index contributed by atoms with van der Waals surface area (Å²) in [4.78, 5) is 3.13. The molecule has 0 atom stereocenters. The number of hydrogen-bond donors (Lipinski definition) is 0. The van der Waals surface area contributed by atoms with E-state index in [2.05, 4.69) is 19.9 Å². The van der Waals surface area contributed by atoms with Crippen LogP contribution in [0.15, 0.2) is 29.2 Å². The number of para-hydroxylation sites is 1. The Morgan fingerprint density at radius 3 is 2.86 bits per heavy atom. The summed E-state index contributed by atoms with van der Waals surface area (Å²) >= 11 is 1.85. The summed E-state index contributed by atoms with van der Waals surface area (Å²) in [6, 6.07) is 8.12. The third-order valence-corrected chi connectivity index (χ3v) is 3.57. The number of nitrogens with zero attached hydrogens (tertiary/aromatic N) is 1. The van der Waals surface area contributed by atoms with Gasteiger partial charge in [0.15, 0.2) is 6.73 Å². The molecule has 0 amide bonds. The quantitative estimate of drug-likeness (QED) is 0.708. The Balaban J connectivity index is 2.41. The fourth-order valence-electron chi connectivity index (χ4n) is 1.79. The molecule has 0 spiro atoms. The van der Waals surface area contributed by atoms with E-state index in [1.807, 2.05) is 34.9 Å². The molecule has 2 nitrogen and oxygen atoms in total. The maximum Gasteiger partial charge on any atom is 0.154 e. The van der Waals surface area contributed by atoms with E-state index in [4.69, 9.17) is 0 Å². The largest absolute Gasteiger partial charge is 0.344 e. The van der Waals surface area contributed by atoms with Crippen LogP contribution in [0.2, 0.25) is 0 Å². The summed E-state index contributed by atoms with van der Waals surface area (Å²) in [7, 11) is 0. The molecular weight excluding hydrogens is 194 g/mol. The molecule has 0 saturated carbocycles. The van der Waals surface area contributed by atoms with Gasteiger partial charge in [0.05, 0.1) is 5.69 Å². The number of hydrogen-bond acceptors (Lipinski definition) is 2. The average Bonchev–Trinajstić information content (AvgIpc) is 2.15. The lowest BCUT2D eigenvalue weighted by Crippen LogP contribution is -2.40. The number of rotatable bonds is 1. The van der Waals surface area contributed by atoms with Gasteiger partial charge >= 0.3 is 0 Å². The van der Waals surface area contributed by atoms with Crippen LogP contribution in [0.1, 0.15) is 13.8 Å². The van der Waals surface area contributed by atoms with Crippen molar-refractivity contribution in [3.8, 4) is 0 Å². The summed E-state index contributed by atoms with van der Waals surface area (Å²) in [5, 5.41) is 11.1. The van der Waals surface area contributed by atoms with Crippen LogP contribution in [0.25, 0.3) is 0 Å². The Morgan fingerprint density at radius 2 is 2.14 bits per heavy atom. The second-order valence-electron chi connectivity index (χ2n) is 4.16. The minimum Gasteiger partial charge on any atom is -0.344 e. The molecule has 2 rings (SSSR count). The van der Waals surface area contributed by atoms with E-state index in [9.17, 15) is 5.11 Å². The van der Waals surface area contributed by atoms with Crippen molar-refractivity contribution in [1.82, 2.24) is 0 Å². The van der Waals surface area contributed by atoms with Crippen LogP contribution in [0.5, 0.6) is 0 Å². The number of benzene rings is 1. The van der Waals surface area contributed by atoms with E-state index in [0.29, 0.717) is 0 Å². The summed E-state index contributed by atoms with van der Waals surface area (Å²) in [6.45, 7) is 5.03. The smallest absolute Gasteiger partial charge is 0.154 e. The molecule has 1 heterocycles. The van der Waals surface area contributed by atoms with Gasteiger partial charge in [-0.2, -0.15) is 0 Å². The molecule has 1 aromatic rings. The predicted molar refractivity (Wildman–Crippen MR) is 59.3 cm³/mol. The van der Waals surface area contributed by atoms with Crippen LogP contribution in [0, 0.1) is 0 Å². The Bertz CT molecular complexity index is 338. The highest BCUT2D eigenvalue weighted by Crippen LogP contribution is 2.43. The van der Waals surface area contributed by atoms with Gasteiger partial charge in [0, 0.05) is 16.2 Å². The van der Waals surface area contributed by atoms with E-state index in [1.165, 1.54) is 4.90 Å². The van der Waals surface area contributed by atoms with Crippen molar-refractivity contribution in [3.05, 3.63) is 24.3 Å². The molecule has 0 aromatic heterocycles. The van der Waals surface area contributed by atoms with Crippen molar-refractivity contribution in [2.24, 2.45) is 0 Å². The first-order valence-electron chi connectivity index (χ1n) is 4.73. The van der Waals surface area contributed by atoms with E-state index in [1.54, 1.807) is 0 Å². The van der Waals surface area contributed by atoms with Gasteiger partial charge in [-0.25, -0.2) is 5.11 Å². The van der Waals surface area contributed by atoms with E-state index < -0.39 is 0 Å². The molecule has 0 unspecified atom stereocenters. The lowest BCUT2D eigenvalue weighted by atomic mass is 10.1. The standard InChI is InChI=1S/C11H14NOS/c1-11(2)7-12(8-13)9-5-3-4-6-10(9)14-11/h3-6H,7-8H2,1-2H3. The van der Waals surface area contributed by atoms with Crippen LogP contribution in [-0.2, 0) is 5.11 Å². The highest BCUT2D eigenvalue weighted by atomic mass is 32.2. The van der Waals surface area contributed by atoms with Gasteiger partial charge in [-0.3, -0.25) is 0 Å². The first kappa shape index (κ1) is 9.87. The molecule has 1 aliphatic heterocycles. The third kappa shape index (κ3) is 1.74. The van der Waals surface area contributed by atoms with Crippen molar-refractivity contribution >= 4 is 17.4 Å². The van der Waals surface area contributed by atoms with E-state index >= 15 is 0 Å². The zero-order chi connectivity index (χ0) is 10.2. The number of fused-ring (bicyclic) bond motifs is 1. The van der Waals surface area contributed by atoms with Gasteiger partial charge < -0.3 is 4.90 Å². The summed E-state index contributed by atoms with van der Waals surface area (Å²) in [6.07, 6.45) is 0. The molecule has 1 aromatic carbocycles. The SMILES string of the molecule is CC1(C)CN(C[O])c2ccccc2S1. The van der Waals surface area contributed by atoms with Gasteiger partial charge in [-0.15, -0.1) is 11.8 Å². The van der Waals surface area contributed by atoms with E-state index in [0.717, 1.165) is 12.2 Å². The van der Waals surface area contributed by atoms with Gasteiger partial charge in [0.1, 0.15) is 0 Å². The third-order valence-electron chi connectivity index (χ3n) is 2.32. The van der Waals surface area contributed by atoms with Crippen molar-refractivity contribution < 1.29 is 5.11 Å². The van der Waals surface area contributed by atoms with Gasteiger partial charge in [-0.1, -0.05) is 12.1 Å². The maximum absolute atomic E-state index is 11.1. The molecule has 14 heavy (non-hydrogen) atoms. The minimum atomic E-state index is -0.152. The topological polar surface area (TPSA) is 23.1 Å². The van der Waals surface area contributed by atoms with Crippen molar-refractivity contribution in [1.29, 1.82) is 0 Å². The lowest BCUT2D eigenvalue weighted by molar-refractivity contribution is 0.189. The predicted octanol–water partition coefficient (Wildman–Crippen LogP) is 2.77. The van der Waals surface area contributed by atoms with Crippen LogP contribution >= 0.6 is 11.8 Å². The van der Waals surface area contributed by atoms with Crippen molar-refractivity contribution in [3.63, 3.8) is 0 Å². The Hall–Kier alpha value is -0.670. The second kappa shape index (κ2) is 3.48. The van der Waals surface area contributed by atoms with Crippen LogP contribution in [0.3, 0.4) is 0 Å². The Kier molecular flexibility index (Phi) is 2.45. The first-order chi connectivity index (χ1) is 6.62. The molecule has 0 N–H and O–H groups in total. The normalized spacial score (nSPS) is 19.2. The molecule has 75 valence electrons. The van der Waals surface area contributed by atoms with E-state index in [-0.39, 0.29) is 11.5 Å². The molecule has 0 aliphatic carbocycles. The van der Waals surface area contributed by atoms with Gasteiger partial charge in [-0.05, 0) is 26.0 Å². The number of thioether (sulfide) groups is 1. The zero-order valence-electron chi connectivity index (χ0n) is 8.49.